The summed E-state index contributed by atoms with van der Waals surface area (Å²) in [5.74, 6) is -1.66. The van der Waals surface area contributed by atoms with Gasteiger partial charge in [0.05, 0.1) is 10.5 Å². The molecule has 0 atom stereocenters. The second-order valence-electron chi connectivity index (χ2n) is 6.32. The van der Waals surface area contributed by atoms with Gasteiger partial charge in [0.1, 0.15) is 0 Å². The van der Waals surface area contributed by atoms with Crippen LogP contribution in [0.15, 0.2) is 23.1 Å². The second-order valence-corrected chi connectivity index (χ2v) is 8.23. The van der Waals surface area contributed by atoms with E-state index in [1.54, 1.807) is 34.6 Å². The highest BCUT2D eigenvalue weighted by atomic mass is 32.2. The van der Waals surface area contributed by atoms with Crippen LogP contribution < -0.4 is 10.6 Å². The van der Waals surface area contributed by atoms with Gasteiger partial charge in [0, 0.05) is 19.1 Å². The molecule has 0 saturated heterocycles. The molecule has 0 unspecified atom stereocenters. The summed E-state index contributed by atoms with van der Waals surface area (Å²) in [6.07, 6.45) is 0. The first-order chi connectivity index (χ1) is 13.0. The molecule has 0 fully saturated rings. The number of imide groups is 1. The van der Waals surface area contributed by atoms with E-state index in [4.69, 9.17) is 4.74 Å². The van der Waals surface area contributed by atoms with Crippen LogP contribution in [0.1, 0.15) is 43.6 Å². The smallest absolute Gasteiger partial charge is 0.338 e. The number of aryl methyl sites for hydroxylation is 1. The van der Waals surface area contributed by atoms with E-state index in [0.29, 0.717) is 18.7 Å². The molecule has 0 bridgehead atoms. The number of amides is 3. The van der Waals surface area contributed by atoms with Crippen molar-refractivity contribution >= 4 is 27.9 Å². The molecule has 1 aromatic carbocycles. The lowest BCUT2D eigenvalue weighted by Gasteiger charge is -2.20. The molecule has 0 aliphatic heterocycles. The molecule has 2 N–H and O–H groups in total. The fraction of sp³-hybridized carbons (Fsp3) is 0.500. The fourth-order valence-corrected chi connectivity index (χ4v) is 4.09. The van der Waals surface area contributed by atoms with Gasteiger partial charge in [-0.3, -0.25) is 10.1 Å². The molecule has 1 rings (SSSR count). The molecular formula is C18H27N3O6S. The van der Waals surface area contributed by atoms with Gasteiger partial charge in [-0.25, -0.2) is 18.0 Å². The van der Waals surface area contributed by atoms with Crippen molar-refractivity contribution in [1.82, 2.24) is 14.9 Å². The maximum Gasteiger partial charge on any atom is 0.338 e. The zero-order valence-corrected chi connectivity index (χ0v) is 17.6. The van der Waals surface area contributed by atoms with Gasteiger partial charge >= 0.3 is 12.0 Å². The topological polar surface area (TPSA) is 122 Å². The van der Waals surface area contributed by atoms with Gasteiger partial charge in [-0.05, 0) is 38.5 Å². The maximum atomic E-state index is 12.7. The van der Waals surface area contributed by atoms with Crippen LogP contribution in [0, 0.1) is 6.92 Å². The number of nitrogens with one attached hydrogen (secondary N) is 2. The molecule has 0 saturated carbocycles. The van der Waals surface area contributed by atoms with Crippen molar-refractivity contribution in [3.63, 3.8) is 0 Å². The zero-order valence-electron chi connectivity index (χ0n) is 16.7. The molecule has 156 valence electrons. The average Bonchev–Trinajstić information content (AvgIpc) is 2.59. The van der Waals surface area contributed by atoms with Crippen molar-refractivity contribution in [3.8, 4) is 0 Å². The summed E-state index contributed by atoms with van der Waals surface area (Å²) in [6.45, 7) is 8.46. The Morgan fingerprint density at radius 1 is 1.14 bits per heavy atom. The normalized spacial score (nSPS) is 11.4. The molecule has 1 aromatic rings. The van der Waals surface area contributed by atoms with E-state index in [9.17, 15) is 22.8 Å². The van der Waals surface area contributed by atoms with Crippen molar-refractivity contribution < 1.29 is 27.5 Å². The molecular weight excluding hydrogens is 386 g/mol. The van der Waals surface area contributed by atoms with Gasteiger partial charge in [0.15, 0.2) is 6.61 Å². The van der Waals surface area contributed by atoms with E-state index >= 15 is 0 Å². The molecule has 9 nitrogen and oxygen atoms in total. The number of esters is 1. The summed E-state index contributed by atoms with van der Waals surface area (Å²) in [6, 6.07) is 3.30. The Morgan fingerprint density at radius 2 is 1.75 bits per heavy atom. The van der Waals surface area contributed by atoms with Gasteiger partial charge in [0.25, 0.3) is 5.91 Å². The Balaban J connectivity index is 2.88. The number of sulfonamides is 1. The van der Waals surface area contributed by atoms with Crippen LogP contribution in [-0.4, -0.2) is 56.4 Å². The first kappa shape index (κ1) is 23.6. The third-order valence-electron chi connectivity index (χ3n) is 3.75. The Labute approximate surface area is 165 Å². The van der Waals surface area contributed by atoms with E-state index < -0.39 is 34.5 Å². The van der Waals surface area contributed by atoms with E-state index in [2.05, 4.69) is 5.32 Å². The second kappa shape index (κ2) is 10.2. The highest BCUT2D eigenvalue weighted by Gasteiger charge is 2.25. The summed E-state index contributed by atoms with van der Waals surface area (Å²) in [4.78, 5) is 35.3. The number of benzene rings is 1. The molecule has 0 radical (unpaired) electrons. The minimum atomic E-state index is -3.75. The summed E-state index contributed by atoms with van der Waals surface area (Å²) in [5.41, 5.74) is 0.488. The highest BCUT2D eigenvalue weighted by Crippen LogP contribution is 2.21. The number of carbonyl (C=O) groups excluding carboxylic acids is 3. The summed E-state index contributed by atoms with van der Waals surface area (Å²) in [5, 5.41) is 4.49. The fourth-order valence-electron chi connectivity index (χ4n) is 2.38. The number of nitrogens with zero attached hydrogens (tertiary/aromatic N) is 1. The largest absolute Gasteiger partial charge is 0.452 e. The molecule has 0 aromatic heterocycles. The van der Waals surface area contributed by atoms with Crippen molar-refractivity contribution in [3.05, 3.63) is 29.3 Å². The monoisotopic (exact) mass is 413 g/mol. The first-order valence-electron chi connectivity index (χ1n) is 8.91. The van der Waals surface area contributed by atoms with Crippen molar-refractivity contribution in [1.29, 1.82) is 0 Å². The van der Waals surface area contributed by atoms with E-state index in [-0.39, 0.29) is 16.5 Å². The van der Waals surface area contributed by atoms with Gasteiger partial charge in [-0.2, -0.15) is 4.31 Å². The number of hydrogen-bond donors (Lipinski definition) is 2. The number of carbonyl (C=O) groups is 3. The number of urea groups is 1. The Bertz CT molecular complexity index is 832. The van der Waals surface area contributed by atoms with Crippen LogP contribution in [0.5, 0.6) is 0 Å². The van der Waals surface area contributed by atoms with Gasteiger partial charge in [-0.1, -0.05) is 19.9 Å². The molecule has 0 aliphatic carbocycles. The van der Waals surface area contributed by atoms with E-state index in [0.717, 1.165) is 0 Å². The van der Waals surface area contributed by atoms with Crippen LogP contribution in [0.4, 0.5) is 4.79 Å². The number of ether oxygens (including phenoxy) is 1. The van der Waals surface area contributed by atoms with E-state index in [1.165, 1.54) is 22.5 Å². The highest BCUT2D eigenvalue weighted by molar-refractivity contribution is 7.89. The molecule has 28 heavy (non-hydrogen) atoms. The SMILES string of the molecule is CCN(CC)S(=O)(=O)c1cc(C(=O)OCC(=O)NC(=O)NC(C)C)ccc1C. The van der Waals surface area contributed by atoms with Crippen molar-refractivity contribution in [2.75, 3.05) is 19.7 Å². The molecule has 0 heterocycles. The predicted molar refractivity (Wildman–Crippen MR) is 103 cm³/mol. The third-order valence-corrected chi connectivity index (χ3v) is 5.95. The third kappa shape index (κ3) is 6.31. The molecule has 0 aliphatic rings. The standard InChI is InChI=1S/C18H27N3O6S/c1-6-21(7-2)28(25,26)15-10-14(9-8-13(15)5)17(23)27-11-16(22)20-18(24)19-12(3)4/h8-10,12H,6-7,11H2,1-5H3,(H2,19,20,22,24). The predicted octanol–water partition coefficient (Wildman–Crippen LogP) is 1.42. The number of rotatable bonds is 8. The quantitative estimate of drug-likeness (QED) is 0.622. The maximum absolute atomic E-state index is 12.7. The summed E-state index contributed by atoms with van der Waals surface area (Å²) >= 11 is 0. The molecule has 3 amide bonds. The Hall–Kier alpha value is -2.46. The van der Waals surface area contributed by atoms with Crippen LogP contribution in [0.2, 0.25) is 0 Å². The van der Waals surface area contributed by atoms with Gasteiger partial charge in [0.2, 0.25) is 10.0 Å². The lowest BCUT2D eigenvalue weighted by Crippen LogP contribution is -2.44. The van der Waals surface area contributed by atoms with Crippen LogP contribution in [0.25, 0.3) is 0 Å². The van der Waals surface area contributed by atoms with Crippen LogP contribution >= 0.6 is 0 Å². The van der Waals surface area contributed by atoms with Crippen LogP contribution in [-0.2, 0) is 19.6 Å². The Kier molecular flexibility index (Phi) is 8.58. The average molecular weight is 413 g/mol. The minimum Gasteiger partial charge on any atom is -0.452 e. The lowest BCUT2D eigenvalue weighted by atomic mass is 10.1. The minimum absolute atomic E-state index is 0.00392. The summed E-state index contributed by atoms with van der Waals surface area (Å²) in [7, 11) is -3.75. The van der Waals surface area contributed by atoms with Crippen LogP contribution in [0.3, 0.4) is 0 Å². The first-order valence-corrected chi connectivity index (χ1v) is 10.3. The summed E-state index contributed by atoms with van der Waals surface area (Å²) < 4.78 is 31.6. The van der Waals surface area contributed by atoms with Crippen molar-refractivity contribution in [2.24, 2.45) is 0 Å². The molecule has 0 spiro atoms. The van der Waals surface area contributed by atoms with Gasteiger partial charge in [-0.15, -0.1) is 0 Å². The lowest BCUT2D eigenvalue weighted by molar-refractivity contribution is -0.123. The van der Waals surface area contributed by atoms with Gasteiger partial charge < -0.3 is 10.1 Å². The Morgan fingerprint density at radius 3 is 2.29 bits per heavy atom. The zero-order chi connectivity index (χ0) is 21.5. The van der Waals surface area contributed by atoms with Crippen molar-refractivity contribution in [2.45, 2.75) is 45.6 Å². The number of hydrogen-bond acceptors (Lipinski definition) is 6. The molecule has 10 heteroatoms. The van der Waals surface area contributed by atoms with E-state index in [1.807, 2.05) is 5.32 Å².